The lowest BCUT2D eigenvalue weighted by Gasteiger charge is -2.23. The van der Waals surface area contributed by atoms with Gasteiger partial charge in [-0.15, -0.1) is 0 Å². The second-order valence-corrected chi connectivity index (χ2v) is 6.43. The summed E-state index contributed by atoms with van der Waals surface area (Å²) in [5.41, 5.74) is 1.39. The van der Waals surface area contributed by atoms with Gasteiger partial charge in [0.15, 0.2) is 0 Å². The fourth-order valence-electron chi connectivity index (χ4n) is 2.97. The number of amides is 1. The summed E-state index contributed by atoms with van der Waals surface area (Å²) in [6.45, 7) is 4.78. The summed E-state index contributed by atoms with van der Waals surface area (Å²) in [4.78, 5) is 25.7. The maximum atomic E-state index is 12.9. The van der Waals surface area contributed by atoms with E-state index in [2.05, 4.69) is 14.9 Å². The Morgan fingerprint density at radius 1 is 1.20 bits per heavy atom. The number of ether oxygens (including phenoxy) is 1. The Labute approximate surface area is 152 Å². The van der Waals surface area contributed by atoms with Crippen LogP contribution in [-0.2, 0) is 0 Å². The topological polar surface area (TPSA) is 58.6 Å². The molecule has 0 bridgehead atoms. The first-order valence-corrected chi connectivity index (χ1v) is 8.62. The molecule has 0 unspecified atom stereocenters. The molecule has 6 nitrogen and oxygen atoms in total. The number of halogens is 1. The fraction of sp³-hybridized carbons (Fsp3) is 0.389. The molecule has 0 saturated carbocycles. The zero-order valence-corrected chi connectivity index (χ0v) is 15.2. The molecule has 7 heteroatoms. The van der Waals surface area contributed by atoms with Crippen LogP contribution < -0.4 is 9.64 Å². The largest absolute Gasteiger partial charge is 0.496 e. The minimum absolute atomic E-state index is 0.0588. The number of hydrogen-bond acceptors (Lipinski definition) is 5. The zero-order chi connectivity index (χ0) is 17.8. The molecule has 0 spiro atoms. The van der Waals surface area contributed by atoms with Crippen molar-refractivity contribution in [1.29, 1.82) is 0 Å². The molecule has 132 valence electrons. The van der Waals surface area contributed by atoms with E-state index in [1.807, 2.05) is 11.8 Å². The number of carbonyl (C=O) groups is 1. The second kappa shape index (κ2) is 7.70. The Bertz CT molecular complexity index is 768. The number of methoxy groups -OCH3 is 1. The summed E-state index contributed by atoms with van der Waals surface area (Å²) in [6.07, 6.45) is 4.37. The number of nitrogens with zero attached hydrogens (tertiary/aromatic N) is 4. The lowest BCUT2D eigenvalue weighted by molar-refractivity contribution is 0.0763. The van der Waals surface area contributed by atoms with Crippen molar-refractivity contribution >= 4 is 23.3 Å². The number of rotatable bonds is 3. The van der Waals surface area contributed by atoms with E-state index >= 15 is 0 Å². The smallest absolute Gasteiger partial charge is 0.257 e. The van der Waals surface area contributed by atoms with Gasteiger partial charge in [-0.3, -0.25) is 9.78 Å². The third-order valence-electron chi connectivity index (χ3n) is 4.24. The van der Waals surface area contributed by atoms with Crippen LogP contribution in [0.25, 0.3) is 0 Å². The third-order valence-corrected chi connectivity index (χ3v) is 4.48. The minimum Gasteiger partial charge on any atom is -0.496 e. The van der Waals surface area contributed by atoms with Crippen LogP contribution in [0, 0.1) is 6.92 Å². The van der Waals surface area contributed by atoms with Crippen LogP contribution in [0.4, 0.5) is 5.82 Å². The van der Waals surface area contributed by atoms with Crippen molar-refractivity contribution in [2.75, 3.05) is 38.2 Å². The maximum absolute atomic E-state index is 12.9. The highest BCUT2D eigenvalue weighted by molar-refractivity contribution is 6.31. The van der Waals surface area contributed by atoms with Crippen molar-refractivity contribution in [3.8, 4) is 5.75 Å². The van der Waals surface area contributed by atoms with Crippen LogP contribution in [0.3, 0.4) is 0 Å². The molecule has 1 aliphatic rings. The predicted octanol–water partition coefficient (Wildman–Crippen LogP) is 2.80. The van der Waals surface area contributed by atoms with Crippen LogP contribution in [0.2, 0.25) is 5.02 Å². The quantitative estimate of drug-likeness (QED) is 0.842. The van der Waals surface area contributed by atoms with E-state index in [4.69, 9.17) is 16.3 Å². The lowest BCUT2D eigenvalue weighted by Crippen LogP contribution is -2.35. The average molecular weight is 361 g/mol. The standard InChI is InChI=1S/C18H21ClN4O2/c1-13-11-20-12-17(21-13)22-6-3-7-23(9-8-22)18(24)15-10-14(19)4-5-16(15)25-2/h4-5,10-12H,3,6-9H2,1-2H3. The molecule has 1 aliphatic heterocycles. The highest BCUT2D eigenvalue weighted by Gasteiger charge is 2.23. The molecule has 0 aliphatic carbocycles. The Kier molecular flexibility index (Phi) is 5.38. The van der Waals surface area contributed by atoms with Gasteiger partial charge in [0, 0.05) is 37.4 Å². The van der Waals surface area contributed by atoms with Crippen molar-refractivity contribution in [1.82, 2.24) is 14.9 Å². The Morgan fingerprint density at radius 3 is 2.80 bits per heavy atom. The molecule has 1 amide bonds. The van der Waals surface area contributed by atoms with Gasteiger partial charge in [-0.2, -0.15) is 0 Å². The third kappa shape index (κ3) is 4.02. The molecule has 1 aromatic carbocycles. The van der Waals surface area contributed by atoms with Crippen LogP contribution in [0.1, 0.15) is 22.5 Å². The molecule has 0 atom stereocenters. The van der Waals surface area contributed by atoms with Crippen LogP contribution in [-0.4, -0.2) is 54.1 Å². The predicted molar refractivity (Wildman–Crippen MR) is 97.5 cm³/mol. The van der Waals surface area contributed by atoms with Crippen LogP contribution >= 0.6 is 11.6 Å². The van der Waals surface area contributed by atoms with Crippen molar-refractivity contribution < 1.29 is 9.53 Å². The Balaban J connectivity index is 1.75. The normalized spacial score (nSPS) is 15.0. The fourth-order valence-corrected chi connectivity index (χ4v) is 3.14. The lowest BCUT2D eigenvalue weighted by atomic mass is 10.1. The molecule has 1 fully saturated rings. The maximum Gasteiger partial charge on any atom is 0.257 e. The molecule has 3 rings (SSSR count). The molecular formula is C18H21ClN4O2. The summed E-state index contributed by atoms with van der Waals surface area (Å²) in [7, 11) is 1.56. The van der Waals surface area contributed by atoms with E-state index in [0.29, 0.717) is 36.0 Å². The number of benzene rings is 1. The summed E-state index contributed by atoms with van der Waals surface area (Å²) in [5.74, 6) is 1.34. The van der Waals surface area contributed by atoms with Crippen LogP contribution in [0.5, 0.6) is 5.75 Å². The van der Waals surface area contributed by atoms with Gasteiger partial charge >= 0.3 is 0 Å². The number of aromatic nitrogens is 2. The SMILES string of the molecule is COc1ccc(Cl)cc1C(=O)N1CCCN(c2cncc(C)n2)CC1. The van der Waals surface area contributed by atoms with Crippen molar-refractivity contribution in [2.24, 2.45) is 0 Å². The van der Waals surface area contributed by atoms with E-state index in [0.717, 1.165) is 24.5 Å². The number of carbonyl (C=O) groups excluding carboxylic acids is 1. The number of hydrogen-bond donors (Lipinski definition) is 0. The molecule has 1 aromatic heterocycles. The summed E-state index contributed by atoms with van der Waals surface area (Å²) in [6, 6.07) is 5.11. The first-order valence-electron chi connectivity index (χ1n) is 8.25. The van der Waals surface area contributed by atoms with Gasteiger partial charge in [0.25, 0.3) is 5.91 Å². The second-order valence-electron chi connectivity index (χ2n) is 6.00. The molecule has 0 N–H and O–H groups in total. The molecule has 0 radical (unpaired) electrons. The summed E-state index contributed by atoms with van der Waals surface area (Å²) >= 11 is 6.06. The molecular weight excluding hydrogens is 340 g/mol. The molecule has 2 aromatic rings. The van der Waals surface area contributed by atoms with Crippen molar-refractivity contribution in [3.63, 3.8) is 0 Å². The van der Waals surface area contributed by atoms with E-state index in [1.54, 1.807) is 37.7 Å². The Hall–Kier alpha value is -2.34. The number of aryl methyl sites for hydroxylation is 1. The molecule has 2 heterocycles. The van der Waals surface area contributed by atoms with Gasteiger partial charge in [0.2, 0.25) is 0 Å². The zero-order valence-electron chi connectivity index (χ0n) is 14.4. The first-order chi connectivity index (χ1) is 12.1. The van der Waals surface area contributed by atoms with Gasteiger partial charge < -0.3 is 14.5 Å². The molecule has 1 saturated heterocycles. The van der Waals surface area contributed by atoms with Gasteiger partial charge in [0.05, 0.1) is 24.6 Å². The average Bonchev–Trinajstić information content (AvgIpc) is 2.87. The summed E-state index contributed by atoms with van der Waals surface area (Å²) < 4.78 is 5.31. The number of anilines is 1. The van der Waals surface area contributed by atoms with E-state index in [-0.39, 0.29) is 5.91 Å². The van der Waals surface area contributed by atoms with Gasteiger partial charge in [0.1, 0.15) is 11.6 Å². The van der Waals surface area contributed by atoms with Gasteiger partial charge in [-0.1, -0.05) is 11.6 Å². The Morgan fingerprint density at radius 2 is 2.04 bits per heavy atom. The van der Waals surface area contributed by atoms with Gasteiger partial charge in [-0.05, 0) is 31.5 Å². The van der Waals surface area contributed by atoms with E-state index in [1.165, 1.54) is 0 Å². The highest BCUT2D eigenvalue weighted by atomic mass is 35.5. The first kappa shape index (κ1) is 17.5. The molecule has 25 heavy (non-hydrogen) atoms. The summed E-state index contributed by atoms with van der Waals surface area (Å²) in [5, 5.41) is 0.524. The van der Waals surface area contributed by atoms with Crippen molar-refractivity contribution in [3.05, 3.63) is 46.9 Å². The minimum atomic E-state index is -0.0588. The van der Waals surface area contributed by atoms with Crippen molar-refractivity contribution in [2.45, 2.75) is 13.3 Å². The van der Waals surface area contributed by atoms with E-state index in [9.17, 15) is 4.79 Å². The van der Waals surface area contributed by atoms with Gasteiger partial charge in [-0.25, -0.2) is 4.98 Å². The highest BCUT2D eigenvalue weighted by Crippen LogP contribution is 2.25. The van der Waals surface area contributed by atoms with Crippen LogP contribution in [0.15, 0.2) is 30.6 Å². The van der Waals surface area contributed by atoms with E-state index < -0.39 is 0 Å². The monoisotopic (exact) mass is 360 g/mol.